The number of hydrogen-bond donors (Lipinski definition) is 4. The van der Waals surface area contributed by atoms with Gasteiger partial charge < -0.3 is 16.2 Å². The summed E-state index contributed by atoms with van der Waals surface area (Å²) in [6.07, 6.45) is -1.08. The zero-order chi connectivity index (χ0) is 9.72. The highest BCUT2D eigenvalue weighted by Crippen LogP contribution is 1.98. The molecule has 5 nitrogen and oxygen atoms in total. The molecule has 0 amide bonds. The summed E-state index contributed by atoms with van der Waals surface area (Å²) in [4.78, 5) is 11.1. The molecule has 0 saturated carbocycles. The van der Waals surface area contributed by atoms with Gasteiger partial charge in [0, 0.05) is 5.92 Å². The van der Waals surface area contributed by atoms with Crippen LogP contribution in [0.2, 0.25) is 0 Å². The number of nitrogens with one attached hydrogen (secondary N) is 2. The summed E-state index contributed by atoms with van der Waals surface area (Å²) in [6.45, 7) is 3.42. The van der Waals surface area contributed by atoms with E-state index in [1.165, 1.54) is 0 Å². The molecule has 5 heteroatoms. The molecule has 0 radical (unpaired) electrons. The van der Waals surface area contributed by atoms with Crippen LogP contribution in [0.3, 0.4) is 0 Å². The third-order valence-electron chi connectivity index (χ3n) is 1.38. The van der Waals surface area contributed by atoms with Crippen LogP contribution in [0.1, 0.15) is 13.8 Å². The first kappa shape index (κ1) is 10.9. The van der Waals surface area contributed by atoms with Gasteiger partial charge in [0.05, 0.1) is 6.54 Å². The van der Waals surface area contributed by atoms with Crippen LogP contribution in [-0.2, 0) is 4.79 Å². The zero-order valence-corrected chi connectivity index (χ0v) is 7.29. The zero-order valence-electron chi connectivity index (χ0n) is 7.29. The molecule has 0 aliphatic heterocycles. The van der Waals surface area contributed by atoms with Gasteiger partial charge in [0.25, 0.3) is 0 Å². The van der Waals surface area contributed by atoms with E-state index in [0.717, 1.165) is 0 Å². The van der Waals surface area contributed by atoms with Crippen LogP contribution in [0.15, 0.2) is 0 Å². The number of Topliss-reactive ketones (excluding diaryl/α,β-unsaturated/α-hetero) is 1. The molecule has 0 fully saturated rings. The number of nitrogens with two attached hydrogens (primary N) is 1. The summed E-state index contributed by atoms with van der Waals surface area (Å²) < 4.78 is 0. The first-order valence-electron chi connectivity index (χ1n) is 3.74. The molecule has 5 N–H and O–H groups in total. The lowest BCUT2D eigenvalue weighted by Gasteiger charge is -2.12. The summed E-state index contributed by atoms with van der Waals surface area (Å²) in [6, 6.07) is 0. The van der Waals surface area contributed by atoms with Gasteiger partial charge in [-0.2, -0.15) is 0 Å². The van der Waals surface area contributed by atoms with Crippen molar-refractivity contribution in [3.05, 3.63) is 0 Å². The highest BCUT2D eigenvalue weighted by Gasteiger charge is 2.17. The van der Waals surface area contributed by atoms with E-state index < -0.39 is 6.10 Å². The molecule has 0 bridgehead atoms. The van der Waals surface area contributed by atoms with E-state index in [9.17, 15) is 9.90 Å². The molecule has 0 heterocycles. The van der Waals surface area contributed by atoms with Gasteiger partial charge in [-0.05, 0) is 0 Å². The van der Waals surface area contributed by atoms with Crippen molar-refractivity contribution in [2.75, 3.05) is 6.54 Å². The smallest absolute Gasteiger partial charge is 0.185 e. The summed E-state index contributed by atoms with van der Waals surface area (Å²) >= 11 is 0. The lowest BCUT2D eigenvalue weighted by molar-refractivity contribution is -0.129. The van der Waals surface area contributed by atoms with Crippen molar-refractivity contribution in [2.45, 2.75) is 20.0 Å². The predicted octanol–water partition coefficient (Wildman–Crippen LogP) is -0.945. The quantitative estimate of drug-likeness (QED) is 0.325. The van der Waals surface area contributed by atoms with Crippen molar-refractivity contribution in [1.29, 1.82) is 5.41 Å². The molecular weight excluding hydrogens is 158 g/mol. The van der Waals surface area contributed by atoms with Gasteiger partial charge in [0.1, 0.15) is 6.10 Å². The van der Waals surface area contributed by atoms with Crippen molar-refractivity contribution in [3.8, 4) is 0 Å². The molecule has 1 atom stereocenters. The maximum Gasteiger partial charge on any atom is 0.185 e. The van der Waals surface area contributed by atoms with Crippen LogP contribution < -0.4 is 11.1 Å². The van der Waals surface area contributed by atoms with Crippen LogP contribution in [0, 0.1) is 11.3 Å². The molecule has 0 saturated heterocycles. The van der Waals surface area contributed by atoms with Gasteiger partial charge in [-0.1, -0.05) is 13.8 Å². The minimum absolute atomic E-state index is 0.00630. The summed E-state index contributed by atoms with van der Waals surface area (Å²) in [5, 5.41) is 18.3. The Morgan fingerprint density at radius 3 is 2.50 bits per heavy atom. The highest BCUT2D eigenvalue weighted by atomic mass is 16.3. The number of hydrogen-bond acceptors (Lipinski definition) is 3. The average Bonchev–Trinajstić information content (AvgIpc) is 1.98. The van der Waals surface area contributed by atoms with Gasteiger partial charge in [-0.3, -0.25) is 10.2 Å². The minimum atomic E-state index is -1.08. The van der Waals surface area contributed by atoms with Crippen molar-refractivity contribution >= 4 is 11.7 Å². The Morgan fingerprint density at radius 1 is 1.67 bits per heavy atom. The second-order valence-electron chi connectivity index (χ2n) is 2.87. The maximum absolute atomic E-state index is 11.1. The molecule has 0 aliphatic carbocycles. The van der Waals surface area contributed by atoms with Crippen LogP contribution in [0.4, 0.5) is 0 Å². The van der Waals surface area contributed by atoms with E-state index in [4.69, 9.17) is 11.1 Å². The number of rotatable bonds is 4. The largest absolute Gasteiger partial charge is 0.383 e. The van der Waals surface area contributed by atoms with Gasteiger partial charge in [-0.25, -0.2) is 0 Å². The van der Waals surface area contributed by atoms with E-state index >= 15 is 0 Å². The molecule has 12 heavy (non-hydrogen) atoms. The molecule has 70 valence electrons. The molecule has 0 aliphatic rings. The van der Waals surface area contributed by atoms with Crippen LogP contribution in [0.5, 0.6) is 0 Å². The fourth-order valence-corrected chi connectivity index (χ4v) is 0.692. The second-order valence-corrected chi connectivity index (χ2v) is 2.87. The van der Waals surface area contributed by atoms with Crippen molar-refractivity contribution in [1.82, 2.24) is 5.32 Å². The number of carbonyl (C=O) groups is 1. The molecule has 0 spiro atoms. The van der Waals surface area contributed by atoms with Crippen LogP contribution in [-0.4, -0.2) is 29.5 Å². The van der Waals surface area contributed by atoms with Crippen molar-refractivity contribution in [2.24, 2.45) is 11.7 Å². The summed E-state index contributed by atoms with van der Waals surface area (Å²) in [5.41, 5.74) is 4.97. The lowest BCUT2D eigenvalue weighted by Crippen LogP contribution is -2.40. The van der Waals surface area contributed by atoms with Crippen LogP contribution in [0.25, 0.3) is 0 Å². The van der Waals surface area contributed by atoms with E-state index in [-0.39, 0.29) is 24.2 Å². The number of guanidine groups is 1. The number of aliphatic hydroxyl groups is 1. The first-order chi connectivity index (χ1) is 5.45. The first-order valence-corrected chi connectivity index (χ1v) is 3.74. The van der Waals surface area contributed by atoms with E-state index in [1.54, 1.807) is 13.8 Å². The van der Waals surface area contributed by atoms with Gasteiger partial charge >= 0.3 is 0 Å². The van der Waals surface area contributed by atoms with Crippen molar-refractivity contribution < 1.29 is 9.90 Å². The monoisotopic (exact) mass is 173 g/mol. The van der Waals surface area contributed by atoms with Gasteiger partial charge in [-0.15, -0.1) is 0 Å². The Labute approximate surface area is 71.5 Å². The second kappa shape index (κ2) is 4.71. The summed E-state index contributed by atoms with van der Waals surface area (Å²) in [7, 11) is 0. The third-order valence-corrected chi connectivity index (χ3v) is 1.38. The number of aliphatic hydroxyl groups excluding tert-OH is 1. The van der Waals surface area contributed by atoms with E-state index in [0.29, 0.717) is 0 Å². The Hall–Kier alpha value is -1.10. The third kappa shape index (κ3) is 3.92. The average molecular weight is 173 g/mol. The normalized spacial score (nSPS) is 12.7. The molecule has 0 aromatic rings. The molecule has 0 aromatic heterocycles. The van der Waals surface area contributed by atoms with Gasteiger partial charge in [0.2, 0.25) is 0 Å². The molecular formula is C7H15N3O2. The SMILES string of the molecule is CC(C)C(=O)C(O)CNC(=N)N. The fourth-order valence-electron chi connectivity index (χ4n) is 0.692. The van der Waals surface area contributed by atoms with Crippen molar-refractivity contribution in [3.63, 3.8) is 0 Å². The Balaban J connectivity index is 3.79. The number of carbonyl (C=O) groups excluding carboxylic acids is 1. The minimum Gasteiger partial charge on any atom is -0.383 e. The molecule has 0 aromatic carbocycles. The summed E-state index contributed by atoms with van der Waals surface area (Å²) in [5.74, 6) is -0.692. The molecule has 1 unspecified atom stereocenters. The van der Waals surface area contributed by atoms with Crippen LogP contribution >= 0.6 is 0 Å². The lowest BCUT2D eigenvalue weighted by atomic mass is 10.0. The predicted molar refractivity (Wildman–Crippen MR) is 45.8 cm³/mol. The number of ketones is 1. The van der Waals surface area contributed by atoms with E-state index in [1.807, 2.05) is 0 Å². The Morgan fingerprint density at radius 2 is 2.17 bits per heavy atom. The highest BCUT2D eigenvalue weighted by molar-refractivity contribution is 5.85. The van der Waals surface area contributed by atoms with E-state index in [2.05, 4.69) is 5.32 Å². The fraction of sp³-hybridized carbons (Fsp3) is 0.714. The maximum atomic E-state index is 11.1. The molecule has 0 rings (SSSR count). The topological polar surface area (TPSA) is 99.2 Å². The standard InChI is InChI=1S/C7H15N3O2/c1-4(2)6(12)5(11)3-10-7(8)9/h4-5,11H,3H2,1-2H3,(H4,8,9,10). The van der Waals surface area contributed by atoms with Gasteiger partial charge in [0.15, 0.2) is 11.7 Å². The Kier molecular flexibility index (Phi) is 4.28. The Bertz CT molecular complexity index is 179.